The molecular formula is C17H18N6O2. The molecule has 1 aliphatic heterocycles. The number of amides is 2. The molecule has 8 heteroatoms. The number of fused-ring (bicyclic) bond motifs is 1. The predicted molar refractivity (Wildman–Crippen MR) is 89.8 cm³/mol. The molecule has 128 valence electrons. The van der Waals surface area contributed by atoms with Gasteiger partial charge >= 0.3 is 0 Å². The zero-order chi connectivity index (χ0) is 17.4. The zero-order valence-corrected chi connectivity index (χ0v) is 13.7. The Morgan fingerprint density at radius 3 is 3.00 bits per heavy atom. The van der Waals surface area contributed by atoms with Gasteiger partial charge in [-0.15, -0.1) is 0 Å². The first-order valence-electron chi connectivity index (χ1n) is 8.14. The molecule has 1 fully saturated rings. The summed E-state index contributed by atoms with van der Waals surface area (Å²) >= 11 is 0. The highest BCUT2D eigenvalue weighted by molar-refractivity contribution is 6.00. The number of nitrogens with zero attached hydrogens (tertiary/aromatic N) is 4. The highest BCUT2D eigenvalue weighted by Gasteiger charge is 2.33. The monoisotopic (exact) mass is 338 g/mol. The van der Waals surface area contributed by atoms with Gasteiger partial charge in [0.25, 0.3) is 5.91 Å². The lowest BCUT2D eigenvalue weighted by Gasteiger charge is -2.32. The SMILES string of the molecule is Cn1nccc1[C@@H]1NC(=O)CC[C@H]1NC(=O)c1cnn2ccccc12. The van der Waals surface area contributed by atoms with Gasteiger partial charge in [0.1, 0.15) is 0 Å². The highest BCUT2D eigenvalue weighted by atomic mass is 16.2. The molecule has 1 aliphatic rings. The molecule has 0 unspecified atom stereocenters. The van der Waals surface area contributed by atoms with Gasteiger partial charge in [-0.25, -0.2) is 4.52 Å². The smallest absolute Gasteiger partial charge is 0.255 e. The number of hydrogen-bond donors (Lipinski definition) is 2. The molecule has 0 bridgehead atoms. The lowest BCUT2D eigenvalue weighted by atomic mass is 9.95. The molecular weight excluding hydrogens is 320 g/mol. The third kappa shape index (κ3) is 2.75. The highest BCUT2D eigenvalue weighted by Crippen LogP contribution is 2.24. The van der Waals surface area contributed by atoms with Gasteiger partial charge in [0, 0.05) is 25.9 Å². The third-order valence-electron chi connectivity index (χ3n) is 4.57. The van der Waals surface area contributed by atoms with Gasteiger partial charge in [0.15, 0.2) is 0 Å². The maximum Gasteiger partial charge on any atom is 0.255 e. The van der Waals surface area contributed by atoms with Crippen molar-refractivity contribution in [1.82, 2.24) is 30.0 Å². The van der Waals surface area contributed by atoms with E-state index in [-0.39, 0.29) is 23.9 Å². The van der Waals surface area contributed by atoms with Crippen LogP contribution in [0.2, 0.25) is 0 Å². The van der Waals surface area contributed by atoms with Crippen LogP contribution in [0.4, 0.5) is 0 Å². The second-order valence-corrected chi connectivity index (χ2v) is 6.13. The lowest BCUT2D eigenvalue weighted by Crippen LogP contribution is -2.50. The van der Waals surface area contributed by atoms with Crippen molar-refractivity contribution in [3.05, 3.63) is 54.1 Å². The number of pyridine rings is 1. The summed E-state index contributed by atoms with van der Waals surface area (Å²) in [6.45, 7) is 0. The number of aryl methyl sites for hydroxylation is 1. The number of aromatic nitrogens is 4. The minimum atomic E-state index is -0.306. The molecule has 4 rings (SSSR count). The van der Waals surface area contributed by atoms with Crippen LogP contribution in [0.5, 0.6) is 0 Å². The van der Waals surface area contributed by atoms with E-state index in [1.54, 1.807) is 27.8 Å². The Morgan fingerprint density at radius 1 is 1.32 bits per heavy atom. The van der Waals surface area contributed by atoms with Crippen LogP contribution in [-0.4, -0.2) is 37.3 Å². The van der Waals surface area contributed by atoms with Crippen LogP contribution in [-0.2, 0) is 11.8 Å². The maximum atomic E-state index is 12.8. The van der Waals surface area contributed by atoms with Crippen molar-refractivity contribution in [2.45, 2.75) is 24.9 Å². The van der Waals surface area contributed by atoms with E-state index in [1.165, 1.54) is 0 Å². The number of carbonyl (C=O) groups is 2. The fraction of sp³-hybridized carbons (Fsp3) is 0.294. The summed E-state index contributed by atoms with van der Waals surface area (Å²) in [5, 5.41) is 14.4. The summed E-state index contributed by atoms with van der Waals surface area (Å²) in [6, 6.07) is 6.91. The minimum Gasteiger partial charge on any atom is -0.347 e. The molecule has 2 N–H and O–H groups in total. The summed E-state index contributed by atoms with van der Waals surface area (Å²) < 4.78 is 3.38. The average molecular weight is 338 g/mol. The minimum absolute atomic E-state index is 0.0207. The molecule has 0 spiro atoms. The topological polar surface area (TPSA) is 93.3 Å². The van der Waals surface area contributed by atoms with Crippen molar-refractivity contribution in [2.24, 2.45) is 7.05 Å². The quantitative estimate of drug-likeness (QED) is 0.739. The van der Waals surface area contributed by atoms with E-state index in [2.05, 4.69) is 20.8 Å². The van der Waals surface area contributed by atoms with E-state index in [0.29, 0.717) is 18.4 Å². The van der Waals surface area contributed by atoms with Gasteiger partial charge in [-0.3, -0.25) is 14.3 Å². The van der Waals surface area contributed by atoms with E-state index in [1.807, 2.05) is 31.3 Å². The van der Waals surface area contributed by atoms with Crippen LogP contribution >= 0.6 is 0 Å². The first-order valence-corrected chi connectivity index (χ1v) is 8.14. The Labute approximate surface area is 143 Å². The van der Waals surface area contributed by atoms with E-state index in [9.17, 15) is 9.59 Å². The molecule has 1 saturated heterocycles. The molecule has 4 heterocycles. The number of nitrogens with one attached hydrogen (secondary N) is 2. The summed E-state index contributed by atoms with van der Waals surface area (Å²) in [7, 11) is 1.82. The van der Waals surface area contributed by atoms with Crippen LogP contribution in [0.15, 0.2) is 42.9 Å². The van der Waals surface area contributed by atoms with Gasteiger partial charge < -0.3 is 10.6 Å². The second-order valence-electron chi connectivity index (χ2n) is 6.13. The molecule has 2 atom stereocenters. The largest absolute Gasteiger partial charge is 0.347 e. The zero-order valence-electron chi connectivity index (χ0n) is 13.7. The molecule has 2 amide bonds. The summed E-state index contributed by atoms with van der Waals surface area (Å²) in [6.07, 6.45) is 6.00. The Morgan fingerprint density at radius 2 is 2.20 bits per heavy atom. The first-order chi connectivity index (χ1) is 12.1. The Kier molecular flexibility index (Phi) is 3.72. The van der Waals surface area contributed by atoms with E-state index < -0.39 is 0 Å². The normalized spacial score (nSPS) is 20.4. The number of rotatable bonds is 3. The van der Waals surface area contributed by atoms with Gasteiger partial charge in [-0.05, 0) is 24.6 Å². The fourth-order valence-electron chi connectivity index (χ4n) is 3.28. The maximum absolute atomic E-state index is 12.8. The molecule has 0 aliphatic carbocycles. The van der Waals surface area contributed by atoms with Gasteiger partial charge in [-0.2, -0.15) is 10.2 Å². The Balaban J connectivity index is 1.60. The van der Waals surface area contributed by atoms with Crippen LogP contribution in [0.3, 0.4) is 0 Å². The van der Waals surface area contributed by atoms with E-state index in [0.717, 1.165) is 11.2 Å². The van der Waals surface area contributed by atoms with Crippen molar-refractivity contribution >= 4 is 17.3 Å². The van der Waals surface area contributed by atoms with Crippen LogP contribution < -0.4 is 10.6 Å². The molecule has 3 aromatic heterocycles. The van der Waals surface area contributed by atoms with Crippen LogP contribution in [0.1, 0.15) is 34.9 Å². The number of carbonyl (C=O) groups excluding carboxylic acids is 2. The lowest BCUT2D eigenvalue weighted by molar-refractivity contribution is -0.123. The molecule has 8 nitrogen and oxygen atoms in total. The predicted octanol–water partition coefficient (Wildman–Crippen LogP) is 0.817. The fourth-order valence-corrected chi connectivity index (χ4v) is 3.28. The standard InChI is InChI=1S/C17H18N6O2/c1-22-14(7-8-18-22)16-12(5-6-15(24)21-16)20-17(25)11-10-19-23-9-3-2-4-13(11)23/h2-4,7-10,12,16H,5-6H2,1H3,(H,20,25)(H,21,24)/t12-,16-/m1/s1. The second kappa shape index (κ2) is 6.04. The average Bonchev–Trinajstić information content (AvgIpc) is 3.22. The first kappa shape index (κ1) is 15.4. The third-order valence-corrected chi connectivity index (χ3v) is 4.57. The summed E-state index contributed by atoms with van der Waals surface area (Å²) in [4.78, 5) is 24.6. The molecule has 3 aromatic rings. The number of hydrogen-bond acceptors (Lipinski definition) is 4. The van der Waals surface area contributed by atoms with Gasteiger partial charge in [0.2, 0.25) is 5.91 Å². The van der Waals surface area contributed by atoms with Crippen molar-refractivity contribution in [3.8, 4) is 0 Å². The van der Waals surface area contributed by atoms with E-state index >= 15 is 0 Å². The van der Waals surface area contributed by atoms with Gasteiger partial charge in [-0.1, -0.05) is 6.07 Å². The summed E-state index contributed by atoms with van der Waals surface area (Å²) in [5.41, 5.74) is 2.12. The number of piperidine rings is 1. The van der Waals surface area contributed by atoms with Crippen LogP contribution in [0.25, 0.3) is 5.52 Å². The van der Waals surface area contributed by atoms with E-state index in [4.69, 9.17) is 0 Å². The van der Waals surface area contributed by atoms with Crippen molar-refractivity contribution in [1.29, 1.82) is 0 Å². The Bertz CT molecular complexity index is 943. The van der Waals surface area contributed by atoms with Crippen molar-refractivity contribution < 1.29 is 9.59 Å². The van der Waals surface area contributed by atoms with Crippen LogP contribution in [0, 0.1) is 0 Å². The molecule has 0 aromatic carbocycles. The molecule has 25 heavy (non-hydrogen) atoms. The molecule has 0 saturated carbocycles. The Hall–Kier alpha value is -3.16. The van der Waals surface area contributed by atoms with Crippen molar-refractivity contribution in [3.63, 3.8) is 0 Å². The summed E-state index contributed by atoms with van der Waals surface area (Å²) in [5.74, 6) is -0.220. The molecule has 0 radical (unpaired) electrons. The van der Waals surface area contributed by atoms with Crippen molar-refractivity contribution in [2.75, 3.05) is 0 Å². The van der Waals surface area contributed by atoms with Gasteiger partial charge in [0.05, 0.1) is 35.1 Å².